The van der Waals surface area contributed by atoms with Crippen LogP contribution in [0.1, 0.15) is 18.4 Å². The van der Waals surface area contributed by atoms with Gasteiger partial charge in [-0.05, 0) is 36.6 Å². The van der Waals surface area contributed by atoms with E-state index in [-0.39, 0.29) is 11.8 Å². The summed E-state index contributed by atoms with van der Waals surface area (Å²) in [6.45, 7) is 1.87. The Bertz CT molecular complexity index is 1270. The minimum atomic E-state index is -0.0426. The zero-order valence-electron chi connectivity index (χ0n) is 18.5. The molecule has 34 heavy (non-hydrogen) atoms. The van der Waals surface area contributed by atoms with Crippen molar-refractivity contribution in [2.75, 3.05) is 18.0 Å². The van der Waals surface area contributed by atoms with Crippen LogP contribution in [0, 0.1) is 5.92 Å². The van der Waals surface area contributed by atoms with Gasteiger partial charge >= 0.3 is 0 Å². The molecule has 1 aliphatic heterocycles. The Morgan fingerprint density at radius 1 is 1.03 bits per heavy atom. The van der Waals surface area contributed by atoms with Crippen molar-refractivity contribution in [3.63, 3.8) is 0 Å². The smallest absolute Gasteiger partial charge is 0.261 e. The number of rotatable bonds is 6. The van der Waals surface area contributed by atoms with E-state index in [2.05, 4.69) is 25.3 Å². The molecule has 0 spiro atoms. The van der Waals surface area contributed by atoms with Crippen LogP contribution in [0.4, 0.5) is 5.82 Å². The molecule has 0 saturated carbocycles. The molecule has 1 amide bonds. The molecule has 4 aromatic rings. The van der Waals surface area contributed by atoms with Crippen molar-refractivity contribution in [2.24, 2.45) is 5.92 Å². The first-order valence-corrected chi connectivity index (χ1v) is 11.7. The molecule has 8 heteroatoms. The van der Waals surface area contributed by atoms with E-state index in [1.165, 1.54) is 0 Å². The molecule has 0 unspecified atom stereocenters. The van der Waals surface area contributed by atoms with Crippen LogP contribution < -0.4 is 10.2 Å². The van der Waals surface area contributed by atoms with Crippen LogP contribution in [0.5, 0.6) is 0 Å². The normalized spacial score (nSPS) is 14.2. The van der Waals surface area contributed by atoms with Crippen molar-refractivity contribution in [3.05, 3.63) is 83.5 Å². The van der Waals surface area contributed by atoms with Gasteiger partial charge < -0.3 is 14.7 Å². The first kappa shape index (κ1) is 22.1. The third-order valence-corrected chi connectivity index (χ3v) is 6.42. The van der Waals surface area contributed by atoms with Crippen molar-refractivity contribution >= 4 is 23.3 Å². The topological polar surface area (TPSA) is 84.2 Å². The van der Waals surface area contributed by atoms with E-state index in [9.17, 15) is 4.79 Å². The summed E-state index contributed by atoms with van der Waals surface area (Å²) in [7, 11) is 0. The highest BCUT2D eigenvalue weighted by atomic mass is 35.5. The van der Waals surface area contributed by atoms with E-state index in [1.54, 1.807) is 6.20 Å². The Labute approximate surface area is 202 Å². The molecular formula is C26H24ClN5O2. The maximum Gasteiger partial charge on any atom is 0.261 e. The Balaban J connectivity index is 1.24. The molecule has 0 atom stereocenters. The Kier molecular flexibility index (Phi) is 6.53. The lowest BCUT2D eigenvalue weighted by atomic mass is 9.95. The fourth-order valence-electron chi connectivity index (χ4n) is 4.18. The van der Waals surface area contributed by atoms with Gasteiger partial charge in [0.25, 0.3) is 5.89 Å². The number of aromatic nitrogens is 3. The van der Waals surface area contributed by atoms with Crippen molar-refractivity contribution in [3.8, 4) is 22.8 Å². The zero-order valence-corrected chi connectivity index (χ0v) is 19.3. The van der Waals surface area contributed by atoms with Crippen LogP contribution in [0.2, 0.25) is 5.02 Å². The van der Waals surface area contributed by atoms with E-state index in [1.807, 2.05) is 66.7 Å². The number of carbonyl (C=O) groups excluding carboxylic acids is 1. The van der Waals surface area contributed by atoms with Crippen molar-refractivity contribution in [1.82, 2.24) is 20.4 Å². The Morgan fingerprint density at radius 3 is 2.59 bits per heavy atom. The predicted octanol–water partition coefficient (Wildman–Crippen LogP) is 4.98. The first-order valence-electron chi connectivity index (χ1n) is 11.3. The number of pyridine rings is 1. The Hall–Kier alpha value is -3.71. The SMILES string of the molecule is O=C(NCc1ccccc1Cl)C1CCN(c2ncccc2-c2nc(-c3ccccc3)no2)CC1. The summed E-state index contributed by atoms with van der Waals surface area (Å²) in [4.78, 5) is 24.1. The largest absolute Gasteiger partial charge is 0.356 e. The maximum atomic E-state index is 12.7. The minimum absolute atomic E-state index is 0.0426. The number of hydrogen-bond acceptors (Lipinski definition) is 6. The molecule has 2 aromatic carbocycles. The monoisotopic (exact) mass is 473 g/mol. The van der Waals surface area contributed by atoms with E-state index in [0.29, 0.717) is 36.4 Å². The first-order chi connectivity index (χ1) is 16.7. The summed E-state index contributed by atoms with van der Waals surface area (Å²) >= 11 is 6.20. The van der Waals surface area contributed by atoms with Gasteiger partial charge in [0.15, 0.2) is 0 Å². The lowest BCUT2D eigenvalue weighted by molar-refractivity contribution is -0.125. The number of nitrogens with zero attached hydrogens (tertiary/aromatic N) is 4. The lowest BCUT2D eigenvalue weighted by Crippen LogP contribution is -2.40. The number of halogens is 1. The van der Waals surface area contributed by atoms with Gasteiger partial charge in [-0.1, -0.05) is 65.3 Å². The minimum Gasteiger partial charge on any atom is -0.356 e. The van der Waals surface area contributed by atoms with Crippen LogP contribution in [-0.2, 0) is 11.3 Å². The van der Waals surface area contributed by atoms with Gasteiger partial charge in [-0.15, -0.1) is 0 Å². The highest BCUT2D eigenvalue weighted by Gasteiger charge is 2.27. The number of anilines is 1. The molecule has 1 N–H and O–H groups in total. The van der Waals surface area contributed by atoms with Gasteiger partial charge in [-0.2, -0.15) is 4.98 Å². The number of nitrogens with one attached hydrogen (secondary N) is 1. The number of benzene rings is 2. The number of amides is 1. The van der Waals surface area contributed by atoms with Gasteiger partial charge in [-0.3, -0.25) is 4.79 Å². The van der Waals surface area contributed by atoms with Crippen molar-refractivity contribution in [2.45, 2.75) is 19.4 Å². The molecule has 1 fully saturated rings. The van der Waals surface area contributed by atoms with Gasteiger partial charge in [-0.25, -0.2) is 4.98 Å². The van der Waals surface area contributed by atoms with Gasteiger partial charge in [0.05, 0.1) is 5.56 Å². The lowest BCUT2D eigenvalue weighted by Gasteiger charge is -2.32. The molecule has 2 aromatic heterocycles. The quantitative estimate of drug-likeness (QED) is 0.425. The molecule has 172 valence electrons. The summed E-state index contributed by atoms with van der Waals surface area (Å²) in [5.41, 5.74) is 2.60. The molecule has 3 heterocycles. The fourth-order valence-corrected chi connectivity index (χ4v) is 4.38. The van der Waals surface area contributed by atoms with Crippen LogP contribution >= 0.6 is 11.6 Å². The summed E-state index contributed by atoms with van der Waals surface area (Å²) in [6.07, 6.45) is 3.24. The summed E-state index contributed by atoms with van der Waals surface area (Å²) < 4.78 is 5.58. The number of carbonyl (C=O) groups is 1. The molecule has 0 radical (unpaired) electrons. The molecule has 1 aliphatic rings. The molecule has 7 nitrogen and oxygen atoms in total. The Morgan fingerprint density at radius 2 is 1.79 bits per heavy atom. The standard InChI is InChI=1S/C26H24ClN5O2/c27-22-11-5-4-9-20(22)17-29-25(33)19-12-15-32(16-13-19)24-21(10-6-14-28-24)26-30-23(31-34-26)18-7-2-1-3-8-18/h1-11,14,19H,12-13,15-17H2,(H,29,33). The highest BCUT2D eigenvalue weighted by molar-refractivity contribution is 6.31. The third-order valence-electron chi connectivity index (χ3n) is 6.05. The third kappa shape index (κ3) is 4.79. The van der Waals surface area contributed by atoms with E-state index >= 15 is 0 Å². The van der Waals surface area contributed by atoms with E-state index in [4.69, 9.17) is 16.1 Å². The fraction of sp³-hybridized carbons (Fsp3) is 0.231. The second-order valence-corrected chi connectivity index (χ2v) is 8.64. The average molecular weight is 474 g/mol. The van der Waals surface area contributed by atoms with Crippen LogP contribution in [0.15, 0.2) is 77.4 Å². The van der Waals surface area contributed by atoms with Crippen LogP contribution in [0.3, 0.4) is 0 Å². The second-order valence-electron chi connectivity index (χ2n) is 8.23. The van der Waals surface area contributed by atoms with Gasteiger partial charge in [0, 0.05) is 42.3 Å². The molecule has 0 bridgehead atoms. The summed E-state index contributed by atoms with van der Waals surface area (Å²) in [6, 6.07) is 21.1. The molecule has 1 saturated heterocycles. The predicted molar refractivity (Wildman–Crippen MR) is 131 cm³/mol. The van der Waals surface area contributed by atoms with Crippen molar-refractivity contribution in [1.29, 1.82) is 0 Å². The second kappa shape index (κ2) is 10.1. The summed E-state index contributed by atoms with van der Waals surface area (Å²) in [5.74, 6) is 1.78. The number of hydrogen-bond donors (Lipinski definition) is 1. The van der Waals surface area contributed by atoms with Crippen LogP contribution in [-0.4, -0.2) is 34.1 Å². The highest BCUT2D eigenvalue weighted by Crippen LogP contribution is 2.32. The van der Waals surface area contributed by atoms with E-state index in [0.717, 1.165) is 35.3 Å². The average Bonchev–Trinajstić information content (AvgIpc) is 3.39. The van der Waals surface area contributed by atoms with E-state index < -0.39 is 0 Å². The molecule has 5 rings (SSSR count). The van der Waals surface area contributed by atoms with Gasteiger partial charge in [0.1, 0.15) is 5.82 Å². The summed E-state index contributed by atoms with van der Waals surface area (Å²) in [5, 5.41) is 7.83. The van der Waals surface area contributed by atoms with Crippen molar-refractivity contribution < 1.29 is 9.32 Å². The molecule has 0 aliphatic carbocycles. The maximum absolute atomic E-state index is 12.7. The van der Waals surface area contributed by atoms with Gasteiger partial charge in [0.2, 0.25) is 11.7 Å². The zero-order chi connectivity index (χ0) is 23.3. The van der Waals surface area contributed by atoms with Crippen LogP contribution in [0.25, 0.3) is 22.8 Å². The number of piperidine rings is 1. The molecular weight excluding hydrogens is 450 g/mol.